The monoisotopic (exact) mass is 304 g/mol. The number of benzene rings is 1. The fourth-order valence-corrected chi connectivity index (χ4v) is 1.98. The highest BCUT2D eigenvalue weighted by Crippen LogP contribution is 2.21. The van der Waals surface area contributed by atoms with E-state index in [1.54, 1.807) is 18.5 Å². The third-order valence-electron chi connectivity index (χ3n) is 2.69. The van der Waals surface area contributed by atoms with Gasteiger partial charge in [-0.1, -0.05) is 22.0 Å². The van der Waals surface area contributed by atoms with Crippen molar-refractivity contribution in [2.24, 2.45) is 0 Å². The van der Waals surface area contributed by atoms with Gasteiger partial charge in [-0.25, -0.2) is 0 Å². The number of pyridine rings is 1. The van der Waals surface area contributed by atoms with Crippen LogP contribution >= 0.6 is 15.9 Å². The highest BCUT2D eigenvalue weighted by Gasteiger charge is 2.09. The number of aryl methyl sites for hydroxylation is 2. The van der Waals surface area contributed by atoms with Crippen LogP contribution in [0.2, 0.25) is 0 Å². The minimum Gasteiger partial charge on any atom is -0.322 e. The molecule has 0 fully saturated rings. The van der Waals surface area contributed by atoms with Crippen molar-refractivity contribution in [3.8, 4) is 0 Å². The highest BCUT2D eigenvalue weighted by atomic mass is 79.9. The summed E-state index contributed by atoms with van der Waals surface area (Å²) in [6.45, 7) is 3.87. The summed E-state index contributed by atoms with van der Waals surface area (Å²) in [6, 6.07) is 7.45. The molecule has 92 valence electrons. The topological polar surface area (TPSA) is 42.0 Å². The standard InChI is InChI=1S/C14H13BrN2O/c1-9-3-4-11(7-13(9)15)17-14(18)12-5-6-16-8-10(12)2/h3-8H,1-2H3,(H,17,18). The van der Waals surface area contributed by atoms with Crippen LogP contribution in [0.5, 0.6) is 0 Å². The van der Waals surface area contributed by atoms with Gasteiger partial charge in [-0.2, -0.15) is 0 Å². The Morgan fingerprint density at radius 3 is 2.67 bits per heavy atom. The second-order valence-electron chi connectivity index (χ2n) is 4.11. The first-order valence-electron chi connectivity index (χ1n) is 5.56. The predicted octanol–water partition coefficient (Wildman–Crippen LogP) is 3.71. The molecule has 0 aliphatic carbocycles. The van der Waals surface area contributed by atoms with E-state index in [2.05, 4.69) is 26.2 Å². The highest BCUT2D eigenvalue weighted by molar-refractivity contribution is 9.10. The average molecular weight is 305 g/mol. The van der Waals surface area contributed by atoms with Gasteiger partial charge in [0, 0.05) is 28.1 Å². The van der Waals surface area contributed by atoms with Crippen LogP contribution in [0.15, 0.2) is 41.1 Å². The summed E-state index contributed by atoms with van der Waals surface area (Å²) in [6.07, 6.45) is 3.30. The summed E-state index contributed by atoms with van der Waals surface area (Å²) in [5.41, 5.74) is 3.41. The SMILES string of the molecule is Cc1ccc(NC(=O)c2ccncc2C)cc1Br. The van der Waals surface area contributed by atoms with E-state index in [0.717, 1.165) is 21.3 Å². The van der Waals surface area contributed by atoms with Crippen molar-refractivity contribution >= 4 is 27.5 Å². The van der Waals surface area contributed by atoms with Crippen molar-refractivity contribution < 1.29 is 4.79 Å². The molecule has 0 aliphatic rings. The molecule has 0 bridgehead atoms. The molecule has 0 aliphatic heterocycles. The van der Waals surface area contributed by atoms with E-state index in [1.165, 1.54) is 0 Å². The minimum atomic E-state index is -0.120. The molecule has 1 aromatic carbocycles. The summed E-state index contributed by atoms with van der Waals surface area (Å²) in [5, 5.41) is 2.87. The van der Waals surface area contributed by atoms with Crippen LogP contribution in [0.1, 0.15) is 21.5 Å². The molecule has 0 spiro atoms. The van der Waals surface area contributed by atoms with Crippen molar-refractivity contribution in [1.29, 1.82) is 0 Å². The molecule has 2 aromatic rings. The number of aromatic nitrogens is 1. The molecule has 2 rings (SSSR count). The Labute approximate surface area is 114 Å². The zero-order valence-corrected chi connectivity index (χ0v) is 11.8. The number of carbonyl (C=O) groups excluding carboxylic acids is 1. The normalized spacial score (nSPS) is 10.2. The van der Waals surface area contributed by atoms with E-state index in [4.69, 9.17) is 0 Å². The Bertz CT molecular complexity index is 596. The lowest BCUT2D eigenvalue weighted by Crippen LogP contribution is -2.13. The van der Waals surface area contributed by atoms with Crippen molar-refractivity contribution in [2.45, 2.75) is 13.8 Å². The second kappa shape index (κ2) is 5.31. The quantitative estimate of drug-likeness (QED) is 0.919. The molecule has 0 saturated heterocycles. The van der Waals surface area contributed by atoms with Crippen LogP contribution < -0.4 is 5.32 Å². The summed E-state index contributed by atoms with van der Waals surface area (Å²) >= 11 is 3.45. The van der Waals surface area contributed by atoms with Gasteiger partial charge in [-0.3, -0.25) is 9.78 Å². The maximum atomic E-state index is 12.1. The number of amides is 1. The number of carbonyl (C=O) groups is 1. The van der Waals surface area contributed by atoms with Crippen molar-refractivity contribution in [3.05, 3.63) is 57.8 Å². The van der Waals surface area contributed by atoms with Gasteiger partial charge in [0.1, 0.15) is 0 Å². The summed E-state index contributed by atoms with van der Waals surface area (Å²) < 4.78 is 0.978. The van der Waals surface area contributed by atoms with Crippen LogP contribution in [0.3, 0.4) is 0 Å². The van der Waals surface area contributed by atoms with E-state index in [1.807, 2.05) is 32.0 Å². The smallest absolute Gasteiger partial charge is 0.256 e. The number of anilines is 1. The first-order valence-corrected chi connectivity index (χ1v) is 6.35. The predicted molar refractivity (Wildman–Crippen MR) is 75.8 cm³/mol. The fourth-order valence-electron chi connectivity index (χ4n) is 1.60. The zero-order chi connectivity index (χ0) is 13.1. The number of rotatable bonds is 2. The molecule has 3 nitrogen and oxygen atoms in total. The van der Waals surface area contributed by atoms with Crippen molar-refractivity contribution in [2.75, 3.05) is 5.32 Å². The second-order valence-corrected chi connectivity index (χ2v) is 4.96. The van der Waals surface area contributed by atoms with Crippen molar-refractivity contribution in [3.63, 3.8) is 0 Å². The Hall–Kier alpha value is -1.68. The largest absolute Gasteiger partial charge is 0.322 e. The molecule has 4 heteroatoms. The Balaban J connectivity index is 2.22. The fraction of sp³-hybridized carbons (Fsp3) is 0.143. The molecule has 0 saturated carbocycles. The minimum absolute atomic E-state index is 0.120. The molecular weight excluding hydrogens is 292 g/mol. The van der Waals surface area contributed by atoms with Crippen LogP contribution in [0, 0.1) is 13.8 Å². The first-order chi connectivity index (χ1) is 8.58. The number of nitrogens with zero attached hydrogens (tertiary/aromatic N) is 1. The summed E-state index contributed by atoms with van der Waals surface area (Å²) in [5.74, 6) is -0.120. The van der Waals surface area contributed by atoms with Gasteiger partial charge in [-0.05, 0) is 43.2 Å². The third kappa shape index (κ3) is 2.76. The lowest BCUT2D eigenvalue weighted by molar-refractivity contribution is 0.102. The Morgan fingerprint density at radius 2 is 2.00 bits per heavy atom. The van der Waals surface area contributed by atoms with Gasteiger partial charge in [0.15, 0.2) is 0 Å². The average Bonchev–Trinajstić information content (AvgIpc) is 2.34. The molecule has 1 amide bonds. The molecular formula is C14H13BrN2O. The van der Waals surface area contributed by atoms with Gasteiger partial charge in [0.25, 0.3) is 5.91 Å². The van der Waals surface area contributed by atoms with Crippen LogP contribution in [-0.4, -0.2) is 10.9 Å². The maximum Gasteiger partial charge on any atom is 0.256 e. The van der Waals surface area contributed by atoms with E-state index < -0.39 is 0 Å². The van der Waals surface area contributed by atoms with E-state index in [9.17, 15) is 4.79 Å². The Morgan fingerprint density at radius 1 is 1.22 bits per heavy atom. The van der Waals surface area contributed by atoms with Crippen LogP contribution in [0.25, 0.3) is 0 Å². The lowest BCUT2D eigenvalue weighted by atomic mass is 10.1. The molecule has 0 atom stereocenters. The zero-order valence-electron chi connectivity index (χ0n) is 10.2. The van der Waals surface area contributed by atoms with Crippen LogP contribution in [0.4, 0.5) is 5.69 Å². The van der Waals surface area contributed by atoms with Gasteiger partial charge in [0.2, 0.25) is 0 Å². The number of hydrogen-bond donors (Lipinski definition) is 1. The summed E-state index contributed by atoms with van der Waals surface area (Å²) in [7, 11) is 0. The molecule has 1 aromatic heterocycles. The molecule has 0 unspecified atom stereocenters. The van der Waals surface area contributed by atoms with Gasteiger partial charge >= 0.3 is 0 Å². The van der Waals surface area contributed by atoms with E-state index >= 15 is 0 Å². The van der Waals surface area contributed by atoms with Gasteiger partial charge in [-0.15, -0.1) is 0 Å². The maximum absolute atomic E-state index is 12.1. The van der Waals surface area contributed by atoms with Crippen LogP contribution in [-0.2, 0) is 0 Å². The number of nitrogens with one attached hydrogen (secondary N) is 1. The summed E-state index contributed by atoms with van der Waals surface area (Å²) in [4.78, 5) is 16.0. The lowest BCUT2D eigenvalue weighted by Gasteiger charge is -2.08. The van der Waals surface area contributed by atoms with E-state index in [-0.39, 0.29) is 5.91 Å². The third-order valence-corrected chi connectivity index (χ3v) is 3.55. The van der Waals surface area contributed by atoms with Gasteiger partial charge in [0.05, 0.1) is 0 Å². The molecule has 1 N–H and O–H groups in total. The number of hydrogen-bond acceptors (Lipinski definition) is 2. The van der Waals surface area contributed by atoms with Crippen molar-refractivity contribution in [1.82, 2.24) is 4.98 Å². The molecule has 1 heterocycles. The Kier molecular flexibility index (Phi) is 3.77. The van der Waals surface area contributed by atoms with Gasteiger partial charge < -0.3 is 5.32 Å². The molecule has 18 heavy (non-hydrogen) atoms. The first kappa shape index (κ1) is 12.8. The molecule has 0 radical (unpaired) electrons. The number of halogens is 1. The van der Waals surface area contributed by atoms with E-state index in [0.29, 0.717) is 5.56 Å².